The molecule has 7 nitrogen and oxygen atoms in total. The fraction of sp³-hybridized carbons (Fsp3) is 0.375. The van der Waals surface area contributed by atoms with Gasteiger partial charge >= 0.3 is 0 Å². The number of nitrogens with zero attached hydrogens (tertiary/aromatic N) is 3. The van der Waals surface area contributed by atoms with E-state index >= 15 is 0 Å². The number of rotatable bonds is 7. The predicted octanol–water partition coefficient (Wildman–Crippen LogP) is 2.22. The Morgan fingerprint density at radius 3 is 2.77 bits per heavy atom. The molecule has 1 amide bonds. The highest BCUT2D eigenvalue weighted by atomic mass is 16.5. The second kappa shape index (κ2) is 9.85. The number of aromatic nitrogens is 2. The Bertz CT molecular complexity index is 1110. The minimum Gasteiger partial charge on any atom is -0.385 e. The molecule has 0 aliphatic carbocycles. The molecule has 1 aliphatic rings. The Hall–Kier alpha value is -3.03. The molecule has 0 spiro atoms. The summed E-state index contributed by atoms with van der Waals surface area (Å²) in [4.78, 5) is 32.7. The maximum absolute atomic E-state index is 13.1. The maximum atomic E-state index is 13.1. The fourth-order valence-electron chi connectivity index (χ4n) is 3.96. The first-order valence-corrected chi connectivity index (χ1v) is 10.7. The van der Waals surface area contributed by atoms with Crippen LogP contribution < -0.4 is 10.9 Å². The van der Waals surface area contributed by atoms with E-state index in [0.29, 0.717) is 42.6 Å². The summed E-state index contributed by atoms with van der Waals surface area (Å²) in [6.45, 7) is 4.26. The van der Waals surface area contributed by atoms with Gasteiger partial charge in [0.05, 0.1) is 10.9 Å². The van der Waals surface area contributed by atoms with Crippen molar-refractivity contribution in [2.75, 3.05) is 33.4 Å². The Labute approximate surface area is 181 Å². The normalized spacial score (nSPS) is 14.2. The maximum Gasteiger partial charge on any atom is 0.261 e. The highest BCUT2D eigenvalue weighted by molar-refractivity contribution is 5.97. The van der Waals surface area contributed by atoms with Crippen molar-refractivity contribution in [2.24, 2.45) is 0 Å². The lowest BCUT2D eigenvalue weighted by Crippen LogP contribution is -2.29. The van der Waals surface area contributed by atoms with Crippen molar-refractivity contribution in [3.8, 4) is 0 Å². The third kappa shape index (κ3) is 5.00. The van der Waals surface area contributed by atoms with Crippen molar-refractivity contribution < 1.29 is 9.53 Å². The molecule has 0 bridgehead atoms. The van der Waals surface area contributed by atoms with Crippen LogP contribution in [-0.2, 0) is 24.2 Å². The molecule has 0 atom stereocenters. The molecule has 1 N–H and O–H groups in total. The van der Waals surface area contributed by atoms with E-state index in [1.165, 1.54) is 5.56 Å². The second-order valence-corrected chi connectivity index (χ2v) is 7.83. The smallest absolute Gasteiger partial charge is 0.261 e. The number of nitrogens with one attached hydrogen (secondary N) is 1. The third-order valence-corrected chi connectivity index (χ3v) is 5.65. The molecular formula is C24H28N4O3. The van der Waals surface area contributed by atoms with Crippen LogP contribution in [0.15, 0.2) is 53.3 Å². The molecule has 4 rings (SSSR count). The van der Waals surface area contributed by atoms with Gasteiger partial charge in [-0.25, -0.2) is 4.98 Å². The Kier molecular flexibility index (Phi) is 6.74. The van der Waals surface area contributed by atoms with E-state index in [9.17, 15) is 9.59 Å². The van der Waals surface area contributed by atoms with Gasteiger partial charge in [0.2, 0.25) is 0 Å². The lowest BCUT2D eigenvalue weighted by atomic mass is 10.1. The number of carbonyl (C=O) groups is 1. The van der Waals surface area contributed by atoms with Crippen LogP contribution in [-0.4, -0.2) is 53.7 Å². The van der Waals surface area contributed by atoms with Crippen LogP contribution in [0, 0.1) is 0 Å². The standard InChI is InChI=1S/C24H28N4O3/c1-31-15-5-11-25-23(29)19-8-9-20-21(16-19)26-22-10-12-27(13-14-28(22)24(20)30)17-18-6-3-2-4-7-18/h2-4,6-9,16H,5,10-15,17H2,1H3,(H,25,29). The number of carbonyl (C=O) groups excluding carboxylic acids is 1. The quantitative estimate of drug-likeness (QED) is 0.593. The fourth-order valence-corrected chi connectivity index (χ4v) is 3.96. The van der Waals surface area contributed by atoms with Gasteiger partial charge in [0.15, 0.2) is 0 Å². The molecule has 2 heterocycles. The number of amides is 1. The van der Waals surface area contributed by atoms with E-state index in [4.69, 9.17) is 9.72 Å². The Morgan fingerprint density at radius 1 is 1.13 bits per heavy atom. The molecule has 0 saturated carbocycles. The summed E-state index contributed by atoms with van der Waals surface area (Å²) in [5.74, 6) is 0.620. The van der Waals surface area contributed by atoms with E-state index in [-0.39, 0.29) is 11.5 Å². The summed E-state index contributed by atoms with van der Waals surface area (Å²) in [5.41, 5.74) is 2.33. The number of fused-ring (bicyclic) bond motifs is 2. The lowest BCUT2D eigenvalue weighted by molar-refractivity contribution is 0.0948. The summed E-state index contributed by atoms with van der Waals surface area (Å²) in [6, 6.07) is 15.5. The number of benzene rings is 2. The summed E-state index contributed by atoms with van der Waals surface area (Å²) in [5, 5.41) is 3.43. The molecule has 0 saturated heterocycles. The Balaban J connectivity index is 1.52. The SMILES string of the molecule is COCCCNC(=O)c1ccc2c(=O)n3c(nc2c1)CCN(Cc1ccccc1)CC3. The molecule has 162 valence electrons. The van der Waals surface area contributed by atoms with Gasteiger partial charge < -0.3 is 10.1 Å². The average molecular weight is 421 g/mol. The van der Waals surface area contributed by atoms with Gasteiger partial charge in [-0.05, 0) is 30.2 Å². The zero-order chi connectivity index (χ0) is 21.6. The van der Waals surface area contributed by atoms with Crippen molar-refractivity contribution >= 4 is 16.8 Å². The minimum absolute atomic E-state index is 0.0337. The van der Waals surface area contributed by atoms with Gasteiger partial charge in [-0.1, -0.05) is 30.3 Å². The largest absolute Gasteiger partial charge is 0.385 e. The van der Waals surface area contributed by atoms with Crippen molar-refractivity contribution in [2.45, 2.75) is 25.9 Å². The van der Waals surface area contributed by atoms with Gasteiger partial charge in [-0.2, -0.15) is 0 Å². The van der Waals surface area contributed by atoms with Crippen LogP contribution in [0.3, 0.4) is 0 Å². The highest BCUT2D eigenvalue weighted by Gasteiger charge is 2.18. The number of hydrogen-bond acceptors (Lipinski definition) is 5. The van der Waals surface area contributed by atoms with Crippen LogP contribution in [0.25, 0.3) is 10.9 Å². The summed E-state index contributed by atoms with van der Waals surface area (Å²) < 4.78 is 6.79. The molecule has 1 aromatic heterocycles. The molecule has 0 radical (unpaired) electrons. The average Bonchev–Trinajstić information content (AvgIpc) is 2.99. The van der Waals surface area contributed by atoms with Crippen LogP contribution >= 0.6 is 0 Å². The molecule has 0 unspecified atom stereocenters. The van der Waals surface area contributed by atoms with E-state index in [1.807, 2.05) is 18.2 Å². The van der Waals surface area contributed by atoms with Crippen molar-refractivity contribution in [1.29, 1.82) is 0 Å². The van der Waals surface area contributed by atoms with Gasteiger partial charge in [-0.3, -0.25) is 19.1 Å². The molecule has 31 heavy (non-hydrogen) atoms. The van der Waals surface area contributed by atoms with Crippen LogP contribution in [0.4, 0.5) is 0 Å². The van der Waals surface area contributed by atoms with Gasteiger partial charge in [-0.15, -0.1) is 0 Å². The zero-order valence-electron chi connectivity index (χ0n) is 17.8. The van der Waals surface area contributed by atoms with Gasteiger partial charge in [0.1, 0.15) is 5.82 Å². The first-order valence-electron chi connectivity index (χ1n) is 10.7. The third-order valence-electron chi connectivity index (χ3n) is 5.65. The molecule has 3 aromatic rings. The number of ether oxygens (including phenoxy) is 1. The van der Waals surface area contributed by atoms with Crippen molar-refractivity contribution in [1.82, 2.24) is 19.8 Å². The minimum atomic E-state index is -0.163. The van der Waals surface area contributed by atoms with E-state index in [2.05, 4.69) is 22.3 Å². The van der Waals surface area contributed by atoms with Crippen molar-refractivity contribution in [3.63, 3.8) is 0 Å². The number of methoxy groups -OCH3 is 1. The zero-order valence-corrected chi connectivity index (χ0v) is 17.8. The first-order chi connectivity index (χ1) is 15.2. The van der Waals surface area contributed by atoms with Crippen LogP contribution in [0.5, 0.6) is 0 Å². The molecular weight excluding hydrogens is 392 g/mol. The number of hydrogen-bond donors (Lipinski definition) is 1. The van der Waals surface area contributed by atoms with Crippen molar-refractivity contribution in [3.05, 3.63) is 75.8 Å². The summed E-state index contributed by atoms with van der Waals surface area (Å²) in [6.07, 6.45) is 1.45. The summed E-state index contributed by atoms with van der Waals surface area (Å²) >= 11 is 0. The topological polar surface area (TPSA) is 76.5 Å². The monoisotopic (exact) mass is 420 g/mol. The van der Waals surface area contributed by atoms with E-state index in [0.717, 1.165) is 31.9 Å². The predicted molar refractivity (Wildman–Crippen MR) is 120 cm³/mol. The van der Waals surface area contributed by atoms with Gasteiger partial charge in [0.25, 0.3) is 11.5 Å². The first kappa shape index (κ1) is 21.2. The highest BCUT2D eigenvalue weighted by Crippen LogP contribution is 2.15. The lowest BCUT2D eigenvalue weighted by Gasteiger charge is -2.19. The van der Waals surface area contributed by atoms with Crippen LogP contribution in [0.1, 0.15) is 28.2 Å². The molecule has 0 fully saturated rings. The summed E-state index contributed by atoms with van der Waals surface area (Å²) in [7, 11) is 1.64. The van der Waals surface area contributed by atoms with Gasteiger partial charge in [0, 0.05) is 58.4 Å². The van der Waals surface area contributed by atoms with Crippen LogP contribution in [0.2, 0.25) is 0 Å². The molecule has 7 heteroatoms. The Morgan fingerprint density at radius 2 is 1.97 bits per heavy atom. The van der Waals surface area contributed by atoms with E-state index in [1.54, 1.807) is 29.9 Å². The molecule has 1 aliphatic heterocycles. The van der Waals surface area contributed by atoms with E-state index < -0.39 is 0 Å². The molecule has 2 aromatic carbocycles. The second-order valence-electron chi connectivity index (χ2n) is 7.83.